The number of rotatable bonds is 7. The van der Waals surface area contributed by atoms with E-state index in [0.717, 1.165) is 19.4 Å². The van der Waals surface area contributed by atoms with Crippen molar-refractivity contribution in [1.29, 1.82) is 0 Å². The Morgan fingerprint density at radius 2 is 0.966 bits per heavy atom. The quantitative estimate of drug-likeness (QED) is 0.213. The van der Waals surface area contributed by atoms with Gasteiger partial charge in [0.15, 0.2) is 0 Å². The van der Waals surface area contributed by atoms with Crippen molar-refractivity contribution in [3.63, 3.8) is 0 Å². The van der Waals surface area contributed by atoms with E-state index in [1.165, 1.54) is 14.7 Å². The number of halogens is 4. The lowest BCUT2D eigenvalue weighted by Crippen LogP contribution is -2.09. The Morgan fingerprint density at radius 3 is 1.24 bits per heavy atom. The molecule has 0 aromatic heterocycles. The molecule has 0 heterocycles. The third-order valence-corrected chi connectivity index (χ3v) is 7.31. The van der Waals surface area contributed by atoms with Crippen LogP contribution in [0.3, 0.4) is 0 Å². The number of benzene rings is 3. The summed E-state index contributed by atoms with van der Waals surface area (Å²) in [5.74, 6) is 0. The van der Waals surface area contributed by atoms with Crippen molar-refractivity contribution in [3.05, 3.63) is 91.0 Å². The van der Waals surface area contributed by atoms with Crippen molar-refractivity contribution in [1.82, 2.24) is 0 Å². The third kappa shape index (κ3) is 6.94. The van der Waals surface area contributed by atoms with Crippen LogP contribution in [0.5, 0.6) is 0 Å². The van der Waals surface area contributed by atoms with E-state index in [9.17, 15) is 17.3 Å². The van der Waals surface area contributed by atoms with E-state index < -0.39 is 17.6 Å². The summed E-state index contributed by atoms with van der Waals surface area (Å²) >= 11 is 0. The summed E-state index contributed by atoms with van der Waals surface area (Å²) in [5, 5.41) is 0. The summed E-state index contributed by atoms with van der Waals surface area (Å²) in [4.78, 5) is 3.75. The van der Waals surface area contributed by atoms with Gasteiger partial charge in [0.05, 0.1) is 6.61 Å². The van der Waals surface area contributed by atoms with Gasteiger partial charge in [-0.05, 0) is 42.8 Å². The number of hydrogen-bond acceptors (Lipinski definition) is 1. The second-order valence-electron chi connectivity index (χ2n) is 6.17. The molecule has 0 saturated heterocycles. The van der Waals surface area contributed by atoms with Crippen molar-refractivity contribution in [2.75, 3.05) is 6.61 Å². The Labute approximate surface area is 171 Å². The minimum Gasteiger partial charge on any atom is -0.418 e. The summed E-state index contributed by atoms with van der Waals surface area (Å²) in [7, 11) is -7.70. The molecule has 0 fully saturated rings. The van der Waals surface area contributed by atoms with Crippen LogP contribution in [0, 0.1) is 0 Å². The van der Waals surface area contributed by atoms with E-state index in [1.54, 1.807) is 0 Å². The Morgan fingerprint density at radius 1 is 0.655 bits per heavy atom. The van der Waals surface area contributed by atoms with Gasteiger partial charge in [-0.1, -0.05) is 78.3 Å². The molecular weight excluding hydrogens is 399 g/mol. The molecule has 0 atom stereocenters. The first-order chi connectivity index (χ1) is 13.9. The molecule has 0 spiro atoms. The van der Waals surface area contributed by atoms with Crippen LogP contribution in [0.25, 0.3) is 0 Å². The maximum atomic E-state index is 9.75. The van der Waals surface area contributed by atoms with E-state index in [4.69, 9.17) is 4.18 Å². The Balaban J connectivity index is 0.000000537. The zero-order valence-corrected chi connectivity index (χ0v) is 17.0. The van der Waals surface area contributed by atoms with Crippen molar-refractivity contribution in [2.45, 2.75) is 34.5 Å². The van der Waals surface area contributed by atoms with Gasteiger partial charge in [-0.15, -0.1) is 0 Å². The summed E-state index contributed by atoms with van der Waals surface area (Å²) in [6, 6.07) is 32.0. The normalized spacial score (nSPS) is 12.0. The first kappa shape index (κ1) is 23.0. The molecule has 0 radical (unpaired) electrons. The maximum absolute atomic E-state index is 9.75. The highest BCUT2D eigenvalue weighted by Gasteiger charge is 2.31. The second kappa shape index (κ2) is 11.1. The molecule has 1 nitrogen and oxygen atoms in total. The average molecular weight is 423 g/mol. The molecule has 0 unspecified atom stereocenters. The van der Waals surface area contributed by atoms with Gasteiger partial charge in [-0.25, -0.2) is 0 Å². The van der Waals surface area contributed by atoms with Gasteiger partial charge in [0.1, 0.15) is 0 Å². The first-order valence-electron chi connectivity index (χ1n) is 9.38. The fraction of sp³-hybridized carbons (Fsp3) is 0.182. The standard InChI is InChI=1S/C22H24OS.BF4/c1-2-3-19-23-24(20-13-7-4-8-14-20,21-15-9-5-10-16-21)22-17-11-6-12-18-22;2-1(3,4)5/h4-18H,2-3,19H2,1H3;/q;-1. The Hall–Kier alpha value is -2.25. The fourth-order valence-corrected chi connectivity index (χ4v) is 5.99. The van der Waals surface area contributed by atoms with Crippen LogP contribution in [0.2, 0.25) is 0 Å². The monoisotopic (exact) mass is 423 g/mol. The predicted molar refractivity (Wildman–Crippen MR) is 113 cm³/mol. The van der Waals surface area contributed by atoms with Crippen LogP contribution in [0.15, 0.2) is 106 Å². The molecule has 0 amide bonds. The number of hydrogen-bond donors (Lipinski definition) is 0. The van der Waals surface area contributed by atoms with Crippen LogP contribution < -0.4 is 0 Å². The summed E-state index contributed by atoms with van der Waals surface area (Å²) in [5.41, 5.74) is 0. The maximum Gasteiger partial charge on any atom is 0.673 e. The molecule has 7 heteroatoms. The van der Waals surface area contributed by atoms with Crippen LogP contribution >= 0.6 is 10.3 Å². The van der Waals surface area contributed by atoms with Crippen LogP contribution in [-0.4, -0.2) is 13.9 Å². The average Bonchev–Trinajstić information content (AvgIpc) is 2.72. The van der Waals surface area contributed by atoms with E-state index in [-0.39, 0.29) is 0 Å². The van der Waals surface area contributed by atoms with E-state index >= 15 is 0 Å². The van der Waals surface area contributed by atoms with Gasteiger partial charge in [0.2, 0.25) is 0 Å². The topological polar surface area (TPSA) is 9.23 Å². The second-order valence-corrected chi connectivity index (χ2v) is 8.93. The van der Waals surface area contributed by atoms with E-state index in [0.29, 0.717) is 0 Å². The fourth-order valence-electron chi connectivity index (χ4n) is 2.78. The zero-order chi connectivity index (χ0) is 21.2. The molecule has 0 N–H and O–H groups in total. The lowest BCUT2D eigenvalue weighted by molar-refractivity contribution is 0.344. The van der Waals surface area contributed by atoms with Crippen molar-refractivity contribution >= 4 is 17.6 Å². The van der Waals surface area contributed by atoms with Crippen molar-refractivity contribution in [3.8, 4) is 0 Å². The SMILES string of the molecule is CCCCOS(c1ccccc1)(c1ccccc1)c1ccccc1.F[B-](F)(F)F. The van der Waals surface area contributed by atoms with Gasteiger partial charge >= 0.3 is 7.25 Å². The van der Waals surface area contributed by atoms with Crippen LogP contribution in [0.1, 0.15) is 19.8 Å². The van der Waals surface area contributed by atoms with Gasteiger partial charge in [0, 0.05) is 14.7 Å². The highest BCUT2D eigenvalue weighted by atomic mass is 32.3. The molecule has 0 saturated carbocycles. The third-order valence-electron chi connectivity index (χ3n) is 3.98. The van der Waals surface area contributed by atoms with E-state index in [1.807, 2.05) is 0 Å². The van der Waals surface area contributed by atoms with Gasteiger partial charge in [-0.2, -0.15) is 0 Å². The summed E-state index contributed by atoms with van der Waals surface area (Å²) in [6.45, 7) is 2.97. The molecule has 156 valence electrons. The molecule has 3 aromatic rings. The largest absolute Gasteiger partial charge is 0.673 e. The molecule has 29 heavy (non-hydrogen) atoms. The van der Waals surface area contributed by atoms with Gasteiger partial charge < -0.3 is 21.4 Å². The van der Waals surface area contributed by atoms with Gasteiger partial charge in [-0.3, -0.25) is 0 Å². The zero-order valence-electron chi connectivity index (χ0n) is 16.2. The molecule has 3 rings (SSSR count). The smallest absolute Gasteiger partial charge is 0.418 e. The first-order valence-corrected chi connectivity index (χ1v) is 10.9. The molecule has 0 bridgehead atoms. The predicted octanol–water partition coefficient (Wildman–Crippen LogP) is 8.00. The minimum absolute atomic E-state index is 0.768. The number of unbranched alkanes of at least 4 members (excludes halogenated alkanes) is 1. The Kier molecular flexibility index (Phi) is 8.80. The van der Waals surface area contributed by atoms with Crippen molar-refractivity contribution in [2.24, 2.45) is 0 Å². The highest BCUT2D eigenvalue weighted by molar-refractivity contribution is 8.30. The highest BCUT2D eigenvalue weighted by Crippen LogP contribution is 2.68. The van der Waals surface area contributed by atoms with Crippen molar-refractivity contribution < 1.29 is 21.4 Å². The molecule has 0 aliphatic carbocycles. The Bertz CT molecular complexity index is 727. The van der Waals surface area contributed by atoms with E-state index in [2.05, 4.69) is 97.9 Å². The van der Waals surface area contributed by atoms with Gasteiger partial charge in [0.25, 0.3) is 0 Å². The van der Waals surface area contributed by atoms with Crippen LogP contribution in [0.4, 0.5) is 17.3 Å². The molecule has 0 aliphatic heterocycles. The lowest BCUT2D eigenvalue weighted by atomic mass is 10.3. The minimum atomic E-state index is -6.00. The summed E-state index contributed by atoms with van der Waals surface area (Å²) in [6.07, 6.45) is 2.20. The molecule has 0 aliphatic rings. The summed E-state index contributed by atoms with van der Waals surface area (Å²) < 4.78 is 45.7. The molecular formula is C22H24BF4OS-. The lowest BCUT2D eigenvalue weighted by Gasteiger charge is -2.40. The molecule has 3 aromatic carbocycles. The van der Waals surface area contributed by atoms with Crippen LogP contribution in [-0.2, 0) is 4.18 Å².